The summed E-state index contributed by atoms with van der Waals surface area (Å²) in [5.74, 6) is 0.237. The number of Topliss-reactive ketones (excluding diaryl/α,β-unsaturated/α-hetero) is 1. The molecule has 1 nitrogen and oxygen atoms in total. The second kappa shape index (κ2) is 6.51. The number of ketones is 1. The molecule has 20 heavy (non-hydrogen) atoms. The molecular formula is C19H22O. The Morgan fingerprint density at radius 2 is 1.50 bits per heavy atom. The highest BCUT2D eigenvalue weighted by Gasteiger charge is 2.25. The highest BCUT2D eigenvalue weighted by atomic mass is 16.1. The average Bonchev–Trinajstić information content (AvgIpc) is 2.54. The van der Waals surface area contributed by atoms with Crippen LogP contribution >= 0.6 is 0 Å². The molecule has 0 amide bonds. The molecule has 0 aromatic heterocycles. The molecule has 104 valence electrons. The van der Waals surface area contributed by atoms with Crippen LogP contribution in [0, 0.1) is 0 Å². The zero-order valence-electron chi connectivity index (χ0n) is 12.3. The third kappa shape index (κ3) is 3.36. The third-order valence-corrected chi connectivity index (χ3v) is 4.25. The number of hydrogen-bond acceptors (Lipinski definition) is 1. The van der Waals surface area contributed by atoms with Crippen LogP contribution in [0.25, 0.3) is 0 Å². The Labute approximate surface area is 121 Å². The van der Waals surface area contributed by atoms with E-state index < -0.39 is 0 Å². The molecule has 0 radical (unpaired) electrons. The molecule has 2 rings (SSSR count). The molecule has 0 unspecified atom stereocenters. The highest BCUT2D eigenvalue weighted by Crippen LogP contribution is 2.32. The van der Waals surface area contributed by atoms with Gasteiger partial charge in [0.25, 0.3) is 0 Å². The Kier molecular flexibility index (Phi) is 4.73. The van der Waals surface area contributed by atoms with E-state index in [0.717, 1.165) is 18.4 Å². The predicted molar refractivity (Wildman–Crippen MR) is 84.1 cm³/mol. The van der Waals surface area contributed by atoms with Crippen molar-refractivity contribution >= 4 is 5.78 Å². The van der Waals surface area contributed by atoms with Gasteiger partial charge in [-0.2, -0.15) is 0 Å². The number of benzene rings is 2. The first kappa shape index (κ1) is 14.5. The summed E-state index contributed by atoms with van der Waals surface area (Å²) in [6.45, 7) is 4.45. The van der Waals surface area contributed by atoms with Gasteiger partial charge < -0.3 is 0 Å². The van der Waals surface area contributed by atoms with Gasteiger partial charge in [0, 0.05) is 12.0 Å². The van der Waals surface area contributed by atoms with Crippen LogP contribution in [0.2, 0.25) is 0 Å². The Morgan fingerprint density at radius 3 is 2.05 bits per heavy atom. The summed E-state index contributed by atoms with van der Waals surface area (Å²) in [5, 5.41) is 0. The van der Waals surface area contributed by atoms with Gasteiger partial charge in [-0.05, 0) is 23.8 Å². The smallest absolute Gasteiger partial charge is 0.162 e. The van der Waals surface area contributed by atoms with Crippen molar-refractivity contribution in [3.8, 4) is 0 Å². The third-order valence-electron chi connectivity index (χ3n) is 4.25. The van der Waals surface area contributed by atoms with E-state index in [1.165, 1.54) is 5.56 Å². The number of carbonyl (C=O) groups is 1. The monoisotopic (exact) mass is 266 g/mol. The van der Waals surface area contributed by atoms with Crippen LogP contribution < -0.4 is 0 Å². The summed E-state index contributed by atoms with van der Waals surface area (Å²) in [6.07, 6.45) is 2.53. The van der Waals surface area contributed by atoms with E-state index in [0.29, 0.717) is 6.42 Å². The van der Waals surface area contributed by atoms with E-state index in [1.807, 2.05) is 36.4 Å². The molecule has 0 aliphatic carbocycles. The highest BCUT2D eigenvalue weighted by molar-refractivity contribution is 5.96. The fraction of sp³-hybridized carbons (Fsp3) is 0.316. The average molecular weight is 266 g/mol. The topological polar surface area (TPSA) is 17.1 Å². The molecule has 0 saturated heterocycles. The van der Waals surface area contributed by atoms with E-state index in [4.69, 9.17) is 0 Å². The van der Waals surface area contributed by atoms with Crippen LogP contribution in [0.5, 0.6) is 0 Å². The van der Waals surface area contributed by atoms with Crippen molar-refractivity contribution in [3.05, 3.63) is 71.8 Å². The zero-order chi connectivity index (χ0) is 14.4. The largest absolute Gasteiger partial charge is 0.294 e. The Balaban J connectivity index is 2.06. The van der Waals surface area contributed by atoms with Crippen LogP contribution in [-0.4, -0.2) is 5.78 Å². The first-order valence-corrected chi connectivity index (χ1v) is 7.29. The molecule has 1 heteroatoms. The number of hydrogen-bond donors (Lipinski definition) is 0. The van der Waals surface area contributed by atoms with Crippen LogP contribution in [0.4, 0.5) is 0 Å². The first-order valence-electron chi connectivity index (χ1n) is 7.29. The lowest BCUT2D eigenvalue weighted by molar-refractivity contribution is 0.0970. The van der Waals surface area contributed by atoms with Crippen molar-refractivity contribution in [3.63, 3.8) is 0 Å². The quantitative estimate of drug-likeness (QED) is 0.671. The molecule has 0 heterocycles. The van der Waals surface area contributed by atoms with Crippen molar-refractivity contribution < 1.29 is 4.79 Å². The molecule has 2 aromatic carbocycles. The zero-order valence-corrected chi connectivity index (χ0v) is 12.3. The maximum absolute atomic E-state index is 12.2. The van der Waals surface area contributed by atoms with Crippen molar-refractivity contribution in [2.45, 2.75) is 38.5 Å². The summed E-state index contributed by atoms with van der Waals surface area (Å²) < 4.78 is 0. The first-order chi connectivity index (χ1) is 9.65. The minimum Gasteiger partial charge on any atom is -0.294 e. The van der Waals surface area contributed by atoms with Gasteiger partial charge in [0.15, 0.2) is 5.78 Å². The lowest BCUT2D eigenvalue weighted by Gasteiger charge is -2.28. The van der Waals surface area contributed by atoms with E-state index in [2.05, 4.69) is 38.1 Å². The maximum Gasteiger partial charge on any atom is 0.162 e. The fourth-order valence-corrected chi connectivity index (χ4v) is 2.52. The second-order valence-electron chi connectivity index (χ2n) is 5.57. The summed E-state index contributed by atoms with van der Waals surface area (Å²) in [7, 11) is 0. The normalized spacial score (nSPS) is 13.7. The van der Waals surface area contributed by atoms with Gasteiger partial charge in [-0.1, -0.05) is 74.5 Å². The SMILES string of the molecule is CC[C@](C)(CCC(=O)c1ccccc1)c1ccccc1. The second-order valence-corrected chi connectivity index (χ2v) is 5.57. The van der Waals surface area contributed by atoms with Crippen molar-refractivity contribution in [1.82, 2.24) is 0 Å². The van der Waals surface area contributed by atoms with Crippen LogP contribution in [0.1, 0.15) is 49.0 Å². The molecule has 1 atom stereocenters. The summed E-state index contributed by atoms with van der Waals surface area (Å²) in [5.41, 5.74) is 2.22. The van der Waals surface area contributed by atoms with Gasteiger partial charge in [0.1, 0.15) is 0 Å². The molecular weight excluding hydrogens is 244 g/mol. The molecule has 0 spiro atoms. The molecule has 0 bridgehead atoms. The van der Waals surface area contributed by atoms with Crippen LogP contribution in [0.3, 0.4) is 0 Å². The van der Waals surface area contributed by atoms with E-state index >= 15 is 0 Å². The standard InChI is InChI=1S/C19H22O/c1-3-19(2,17-12-8-5-9-13-17)15-14-18(20)16-10-6-4-7-11-16/h4-13H,3,14-15H2,1-2H3/t19-/m1/s1. The van der Waals surface area contributed by atoms with Crippen molar-refractivity contribution in [2.75, 3.05) is 0 Å². The molecule has 0 N–H and O–H groups in total. The molecule has 0 aliphatic heterocycles. The van der Waals surface area contributed by atoms with E-state index in [9.17, 15) is 4.79 Å². The van der Waals surface area contributed by atoms with Gasteiger partial charge in [0.05, 0.1) is 0 Å². The van der Waals surface area contributed by atoms with Gasteiger partial charge in [0.2, 0.25) is 0 Å². The maximum atomic E-state index is 12.2. The summed E-state index contributed by atoms with van der Waals surface area (Å²) in [6, 6.07) is 20.1. The van der Waals surface area contributed by atoms with Crippen molar-refractivity contribution in [1.29, 1.82) is 0 Å². The number of carbonyl (C=O) groups excluding carboxylic acids is 1. The van der Waals surface area contributed by atoms with Gasteiger partial charge in [-0.15, -0.1) is 0 Å². The van der Waals surface area contributed by atoms with E-state index in [-0.39, 0.29) is 11.2 Å². The molecule has 0 fully saturated rings. The summed E-state index contributed by atoms with van der Waals surface area (Å²) in [4.78, 5) is 12.2. The van der Waals surface area contributed by atoms with Crippen molar-refractivity contribution in [2.24, 2.45) is 0 Å². The summed E-state index contributed by atoms with van der Waals surface area (Å²) >= 11 is 0. The predicted octanol–water partition coefficient (Wildman–Crippen LogP) is 5.02. The Bertz CT molecular complexity index is 544. The fourth-order valence-electron chi connectivity index (χ4n) is 2.52. The Hall–Kier alpha value is -1.89. The van der Waals surface area contributed by atoms with Gasteiger partial charge in [-0.25, -0.2) is 0 Å². The van der Waals surface area contributed by atoms with Crippen LogP contribution in [0.15, 0.2) is 60.7 Å². The number of rotatable bonds is 6. The molecule has 0 saturated carbocycles. The van der Waals surface area contributed by atoms with Gasteiger partial charge >= 0.3 is 0 Å². The minimum absolute atomic E-state index is 0.0751. The lowest BCUT2D eigenvalue weighted by Crippen LogP contribution is -2.22. The van der Waals surface area contributed by atoms with Crippen LogP contribution in [-0.2, 0) is 5.41 Å². The lowest BCUT2D eigenvalue weighted by atomic mass is 9.76. The van der Waals surface area contributed by atoms with Gasteiger partial charge in [-0.3, -0.25) is 4.79 Å². The Morgan fingerprint density at radius 1 is 0.950 bits per heavy atom. The molecule has 2 aromatic rings. The molecule has 0 aliphatic rings. The van der Waals surface area contributed by atoms with E-state index in [1.54, 1.807) is 0 Å². The minimum atomic E-state index is 0.0751.